The molecule has 116 valence electrons. The predicted molar refractivity (Wildman–Crippen MR) is 83.1 cm³/mol. The fraction of sp³-hybridized carbons (Fsp3) is 0.625. The first-order chi connectivity index (χ1) is 10.3. The van der Waals surface area contributed by atoms with Crippen LogP contribution in [-0.2, 0) is 0 Å². The lowest BCUT2D eigenvalue weighted by molar-refractivity contribution is 0.171. The van der Waals surface area contributed by atoms with Crippen LogP contribution < -0.4 is 20.1 Å². The van der Waals surface area contributed by atoms with E-state index in [1.54, 1.807) is 0 Å². The van der Waals surface area contributed by atoms with E-state index in [0.717, 1.165) is 30.0 Å². The fourth-order valence-corrected chi connectivity index (χ4v) is 3.34. The number of rotatable bonds is 4. The van der Waals surface area contributed by atoms with Gasteiger partial charge in [-0.05, 0) is 12.8 Å². The molecule has 0 bridgehead atoms. The Morgan fingerprint density at radius 1 is 1.10 bits per heavy atom. The third-order valence-corrected chi connectivity index (χ3v) is 4.36. The third-order valence-electron chi connectivity index (χ3n) is 4.36. The summed E-state index contributed by atoms with van der Waals surface area (Å²) in [5.41, 5.74) is 7.87. The first-order valence-corrected chi connectivity index (χ1v) is 7.86. The summed E-state index contributed by atoms with van der Waals surface area (Å²) in [4.78, 5) is 2.24. The quantitative estimate of drug-likeness (QED) is 0.833. The Morgan fingerprint density at radius 3 is 2.43 bits per heavy atom. The number of nitrogens with two attached hydrogens (primary N) is 1. The van der Waals surface area contributed by atoms with Crippen molar-refractivity contribution >= 4 is 11.4 Å². The summed E-state index contributed by atoms with van der Waals surface area (Å²) in [6.45, 7) is 1.87. The predicted octanol–water partition coefficient (Wildman–Crippen LogP) is 2.17. The van der Waals surface area contributed by atoms with Crippen molar-refractivity contribution in [3.8, 4) is 11.5 Å². The van der Waals surface area contributed by atoms with Crippen molar-refractivity contribution in [1.82, 2.24) is 0 Å². The topological polar surface area (TPSA) is 68.0 Å². The van der Waals surface area contributed by atoms with Crippen LogP contribution in [0.5, 0.6) is 11.5 Å². The number of hydrogen-bond acceptors (Lipinski definition) is 5. The van der Waals surface area contributed by atoms with Gasteiger partial charge in [-0.15, -0.1) is 0 Å². The molecule has 0 aromatic heterocycles. The van der Waals surface area contributed by atoms with Crippen LogP contribution >= 0.6 is 0 Å². The molecule has 1 heterocycles. The molecule has 0 atom stereocenters. The molecule has 0 amide bonds. The molecule has 1 fully saturated rings. The molecule has 0 radical (unpaired) electrons. The Kier molecular flexibility index (Phi) is 4.39. The van der Waals surface area contributed by atoms with Crippen LogP contribution in [0.4, 0.5) is 11.4 Å². The Hall–Kier alpha value is -1.62. The molecule has 0 saturated heterocycles. The number of aliphatic hydroxyl groups excluding tert-OH is 1. The van der Waals surface area contributed by atoms with Gasteiger partial charge in [-0.1, -0.05) is 19.3 Å². The summed E-state index contributed by atoms with van der Waals surface area (Å²) in [6, 6.07) is 4.27. The molecule has 1 aliphatic carbocycles. The SMILES string of the molecule is Nc1cc2c(cc1N(CCO)C1CCCCC1)OCCO2. The zero-order chi connectivity index (χ0) is 14.7. The number of nitrogen functional groups attached to an aromatic ring is 1. The molecule has 1 aromatic rings. The molecular weight excluding hydrogens is 268 g/mol. The second kappa shape index (κ2) is 6.43. The number of nitrogens with zero attached hydrogens (tertiary/aromatic N) is 1. The van der Waals surface area contributed by atoms with E-state index in [1.807, 2.05) is 12.1 Å². The summed E-state index contributed by atoms with van der Waals surface area (Å²) in [5, 5.41) is 9.42. The van der Waals surface area contributed by atoms with Gasteiger partial charge in [0.15, 0.2) is 11.5 Å². The van der Waals surface area contributed by atoms with Crippen molar-refractivity contribution < 1.29 is 14.6 Å². The first-order valence-electron chi connectivity index (χ1n) is 7.86. The largest absolute Gasteiger partial charge is 0.486 e. The van der Waals surface area contributed by atoms with E-state index in [2.05, 4.69) is 4.90 Å². The van der Waals surface area contributed by atoms with Crippen LogP contribution in [0.2, 0.25) is 0 Å². The van der Waals surface area contributed by atoms with Crippen molar-refractivity contribution in [2.45, 2.75) is 38.1 Å². The zero-order valence-electron chi connectivity index (χ0n) is 12.4. The second-order valence-electron chi connectivity index (χ2n) is 5.76. The standard InChI is InChI=1S/C16H24N2O3/c17-13-10-15-16(21-9-8-20-15)11-14(13)18(6-7-19)12-4-2-1-3-5-12/h10-12,19H,1-9,17H2. The smallest absolute Gasteiger partial charge is 0.163 e. The molecule has 5 nitrogen and oxygen atoms in total. The maximum Gasteiger partial charge on any atom is 0.163 e. The van der Waals surface area contributed by atoms with E-state index in [1.165, 1.54) is 19.3 Å². The minimum absolute atomic E-state index is 0.129. The lowest BCUT2D eigenvalue weighted by Gasteiger charge is -2.37. The molecule has 5 heteroatoms. The van der Waals surface area contributed by atoms with Crippen LogP contribution in [0.25, 0.3) is 0 Å². The molecule has 1 aliphatic heterocycles. The molecule has 3 N–H and O–H groups in total. The average molecular weight is 292 g/mol. The van der Waals surface area contributed by atoms with Crippen LogP contribution in [0, 0.1) is 0 Å². The highest BCUT2D eigenvalue weighted by molar-refractivity contribution is 5.73. The van der Waals surface area contributed by atoms with Crippen LogP contribution in [0.15, 0.2) is 12.1 Å². The van der Waals surface area contributed by atoms with Crippen molar-refractivity contribution in [3.05, 3.63) is 12.1 Å². The summed E-state index contributed by atoms with van der Waals surface area (Å²) in [6.07, 6.45) is 6.12. The summed E-state index contributed by atoms with van der Waals surface area (Å²) in [5.74, 6) is 1.47. The molecule has 21 heavy (non-hydrogen) atoms. The lowest BCUT2D eigenvalue weighted by Crippen LogP contribution is -2.39. The van der Waals surface area contributed by atoms with Gasteiger partial charge >= 0.3 is 0 Å². The van der Waals surface area contributed by atoms with E-state index in [0.29, 0.717) is 31.5 Å². The summed E-state index contributed by atoms with van der Waals surface area (Å²) >= 11 is 0. The Bertz CT molecular complexity index is 487. The second-order valence-corrected chi connectivity index (χ2v) is 5.76. The van der Waals surface area contributed by atoms with Crippen LogP contribution in [0.3, 0.4) is 0 Å². The number of benzene rings is 1. The summed E-state index contributed by atoms with van der Waals surface area (Å²) < 4.78 is 11.2. The highest BCUT2D eigenvalue weighted by atomic mass is 16.6. The number of anilines is 2. The number of aliphatic hydroxyl groups is 1. The minimum Gasteiger partial charge on any atom is -0.486 e. The monoisotopic (exact) mass is 292 g/mol. The average Bonchev–Trinajstić information content (AvgIpc) is 2.53. The first kappa shape index (κ1) is 14.3. The van der Waals surface area contributed by atoms with E-state index in [4.69, 9.17) is 15.2 Å². The Balaban J connectivity index is 1.90. The minimum atomic E-state index is 0.129. The summed E-state index contributed by atoms with van der Waals surface area (Å²) in [7, 11) is 0. The highest BCUT2D eigenvalue weighted by Gasteiger charge is 2.24. The van der Waals surface area contributed by atoms with Gasteiger partial charge in [0.1, 0.15) is 13.2 Å². The Morgan fingerprint density at radius 2 is 1.76 bits per heavy atom. The van der Waals surface area contributed by atoms with E-state index >= 15 is 0 Å². The van der Waals surface area contributed by atoms with E-state index in [-0.39, 0.29) is 6.61 Å². The molecule has 0 unspecified atom stereocenters. The van der Waals surface area contributed by atoms with Gasteiger partial charge in [-0.3, -0.25) is 0 Å². The Labute approximate surface area is 125 Å². The molecular formula is C16H24N2O3. The van der Waals surface area contributed by atoms with Gasteiger partial charge in [-0.2, -0.15) is 0 Å². The van der Waals surface area contributed by atoms with Crippen molar-refractivity contribution in [2.75, 3.05) is 37.0 Å². The number of fused-ring (bicyclic) bond motifs is 1. The van der Waals surface area contributed by atoms with Gasteiger partial charge in [0.2, 0.25) is 0 Å². The maximum atomic E-state index is 9.42. The molecule has 1 aromatic carbocycles. The lowest BCUT2D eigenvalue weighted by atomic mass is 9.93. The van der Waals surface area contributed by atoms with Gasteiger partial charge in [0.25, 0.3) is 0 Å². The van der Waals surface area contributed by atoms with Gasteiger partial charge in [0.05, 0.1) is 18.0 Å². The van der Waals surface area contributed by atoms with E-state index in [9.17, 15) is 5.11 Å². The maximum absolute atomic E-state index is 9.42. The van der Waals surface area contributed by atoms with E-state index < -0.39 is 0 Å². The number of hydrogen-bond donors (Lipinski definition) is 2. The van der Waals surface area contributed by atoms with Gasteiger partial charge in [0, 0.05) is 24.7 Å². The van der Waals surface area contributed by atoms with Crippen molar-refractivity contribution in [3.63, 3.8) is 0 Å². The third kappa shape index (κ3) is 3.02. The van der Waals surface area contributed by atoms with Crippen molar-refractivity contribution in [1.29, 1.82) is 0 Å². The van der Waals surface area contributed by atoms with Gasteiger partial charge in [-0.25, -0.2) is 0 Å². The molecule has 2 aliphatic rings. The number of ether oxygens (including phenoxy) is 2. The van der Waals surface area contributed by atoms with Crippen LogP contribution in [-0.4, -0.2) is 37.5 Å². The zero-order valence-corrected chi connectivity index (χ0v) is 12.4. The molecule has 3 rings (SSSR count). The fourth-order valence-electron chi connectivity index (χ4n) is 3.34. The normalized spacial score (nSPS) is 18.5. The van der Waals surface area contributed by atoms with Gasteiger partial charge < -0.3 is 25.2 Å². The highest BCUT2D eigenvalue weighted by Crippen LogP contribution is 2.40. The molecule has 1 saturated carbocycles. The van der Waals surface area contributed by atoms with Crippen LogP contribution in [0.1, 0.15) is 32.1 Å². The molecule has 0 spiro atoms. The van der Waals surface area contributed by atoms with Crippen molar-refractivity contribution in [2.24, 2.45) is 0 Å².